The quantitative estimate of drug-likeness (QED) is 0.475. The van der Waals surface area contributed by atoms with E-state index in [1.165, 1.54) is 24.0 Å². The van der Waals surface area contributed by atoms with Gasteiger partial charge in [-0.1, -0.05) is 114 Å². The van der Waals surface area contributed by atoms with Crippen molar-refractivity contribution in [3.8, 4) is 0 Å². The van der Waals surface area contributed by atoms with Gasteiger partial charge in [0.25, 0.3) is 0 Å². The maximum Gasteiger partial charge on any atom is 0 e. The van der Waals surface area contributed by atoms with Crippen molar-refractivity contribution in [2.24, 2.45) is 11.8 Å². The highest BCUT2D eigenvalue weighted by molar-refractivity contribution is 5.75. The molecule has 1 aromatic carbocycles. The zero-order valence-electron chi connectivity index (χ0n) is 17.6. The maximum absolute atomic E-state index is 2.28. The molecule has 1 heteroatoms. The monoisotopic (exact) mass is 333 g/mol. The van der Waals surface area contributed by atoms with Gasteiger partial charge in [-0.25, -0.2) is 0 Å². The third-order valence-corrected chi connectivity index (χ3v) is 3.56. The number of rotatable bonds is 5. The standard InChI is InChI=1S/C12H18.C8H18.C2H6.CH4.B/c1-9(2)11-7-5-6-8-12(11)10(3)4;1-7(2)5-6-8(3)4;1-2;;/h5-10H,1-4H3;7-8H,5-6H2,1-4H3;1-2H3;1H4;. The number of benzene rings is 1. The molecule has 0 atom stereocenters. The number of hydrogen-bond donors (Lipinski definition) is 0. The summed E-state index contributed by atoms with van der Waals surface area (Å²) in [6, 6.07) is 8.72. The first-order valence-corrected chi connectivity index (χ1v) is 9.34. The summed E-state index contributed by atoms with van der Waals surface area (Å²) in [7, 11) is 0. The van der Waals surface area contributed by atoms with E-state index in [4.69, 9.17) is 0 Å². The van der Waals surface area contributed by atoms with E-state index in [1.807, 2.05) is 13.8 Å². The van der Waals surface area contributed by atoms with Crippen LogP contribution in [0.5, 0.6) is 0 Å². The van der Waals surface area contributed by atoms with Gasteiger partial charge in [0.2, 0.25) is 0 Å². The van der Waals surface area contributed by atoms with Gasteiger partial charge in [-0.15, -0.1) is 0 Å². The summed E-state index contributed by atoms with van der Waals surface area (Å²) in [5, 5.41) is 0. The summed E-state index contributed by atoms with van der Waals surface area (Å²) in [6.07, 6.45) is 2.77. The summed E-state index contributed by atoms with van der Waals surface area (Å²) in [4.78, 5) is 0. The summed E-state index contributed by atoms with van der Waals surface area (Å²) in [5.74, 6) is 3.06. The van der Waals surface area contributed by atoms with E-state index >= 15 is 0 Å². The smallest absolute Gasteiger partial charge is 0 e. The third-order valence-electron chi connectivity index (χ3n) is 3.56. The van der Waals surface area contributed by atoms with E-state index in [2.05, 4.69) is 79.7 Å². The fourth-order valence-electron chi connectivity index (χ4n) is 2.23. The molecule has 0 spiro atoms. The van der Waals surface area contributed by atoms with E-state index in [0.717, 1.165) is 11.8 Å². The van der Waals surface area contributed by atoms with Crippen molar-refractivity contribution in [2.75, 3.05) is 0 Å². The van der Waals surface area contributed by atoms with Gasteiger partial charge in [0.1, 0.15) is 0 Å². The molecule has 0 aliphatic carbocycles. The summed E-state index contributed by atoms with van der Waals surface area (Å²) >= 11 is 0. The highest BCUT2D eigenvalue weighted by atomic mass is 14.1. The number of hydrogen-bond acceptors (Lipinski definition) is 0. The van der Waals surface area contributed by atoms with Crippen LogP contribution in [0, 0.1) is 11.8 Å². The Balaban J connectivity index is -0.000000148. The first-order valence-electron chi connectivity index (χ1n) is 9.34. The van der Waals surface area contributed by atoms with E-state index < -0.39 is 0 Å². The van der Waals surface area contributed by atoms with Crippen molar-refractivity contribution in [3.05, 3.63) is 35.4 Å². The lowest BCUT2D eigenvalue weighted by Gasteiger charge is -2.14. The summed E-state index contributed by atoms with van der Waals surface area (Å²) < 4.78 is 0. The van der Waals surface area contributed by atoms with Crippen LogP contribution in [0.25, 0.3) is 0 Å². The Hall–Kier alpha value is -0.715. The Kier molecular flexibility index (Phi) is 24.1. The van der Waals surface area contributed by atoms with Gasteiger partial charge in [-0.05, 0) is 34.8 Å². The molecule has 0 nitrogen and oxygen atoms in total. The molecule has 24 heavy (non-hydrogen) atoms. The minimum absolute atomic E-state index is 0. The lowest BCUT2D eigenvalue weighted by Crippen LogP contribution is -1.97. The molecule has 1 aromatic rings. The van der Waals surface area contributed by atoms with Crippen molar-refractivity contribution in [1.82, 2.24) is 0 Å². The maximum atomic E-state index is 2.28. The first-order chi connectivity index (χ1) is 10.3. The second kappa shape index (κ2) is 18.6. The van der Waals surface area contributed by atoms with Crippen LogP contribution in [0.2, 0.25) is 0 Å². The molecule has 141 valence electrons. The van der Waals surface area contributed by atoms with Crippen molar-refractivity contribution < 1.29 is 0 Å². The Labute approximate surface area is 157 Å². The van der Waals surface area contributed by atoms with Crippen LogP contribution in [-0.2, 0) is 0 Å². The van der Waals surface area contributed by atoms with Crippen LogP contribution in [0.3, 0.4) is 0 Å². The predicted molar refractivity (Wildman–Crippen MR) is 117 cm³/mol. The summed E-state index contributed by atoms with van der Waals surface area (Å²) in [5.41, 5.74) is 2.99. The molecule has 0 aromatic heterocycles. The Bertz CT molecular complexity index is 316. The average molecular weight is 333 g/mol. The lowest BCUT2D eigenvalue weighted by molar-refractivity contribution is 0.476. The van der Waals surface area contributed by atoms with Crippen molar-refractivity contribution in [3.63, 3.8) is 0 Å². The molecule has 0 N–H and O–H groups in total. The fourth-order valence-corrected chi connectivity index (χ4v) is 2.23. The van der Waals surface area contributed by atoms with Crippen LogP contribution in [-0.4, -0.2) is 8.41 Å². The van der Waals surface area contributed by atoms with Crippen molar-refractivity contribution in [2.45, 2.75) is 101 Å². The van der Waals surface area contributed by atoms with Gasteiger partial charge in [-0.3, -0.25) is 0 Å². The molecule has 3 radical (unpaired) electrons. The van der Waals surface area contributed by atoms with Crippen LogP contribution in [0.1, 0.15) is 112 Å². The van der Waals surface area contributed by atoms with Crippen LogP contribution in [0.4, 0.5) is 0 Å². The SMILES string of the molecule is C.CC.CC(C)CCC(C)C.CC(C)c1ccccc1C(C)C.[B]. The molecule has 0 fully saturated rings. The second-order valence-corrected chi connectivity index (χ2v) is 7.30. The van der Waals surface area contributed by atoms with Gasteiger partial charge in [0.15, 0.2) is 0 Å². The van der Waals surface area contributed by atoms with Crippen molar-refractivity contribution >= 4 is 8.41 Å². The molecule has 0 saturated carbocycles. The van der Waals surface area contributed by atoms with Crippen LogP contribution in [0.15, 0.2) is 24.3 Å². The molecule has 1 rings (SSSR count). The first kappa shape index (κ1) is 31.1. The van der Waals surface area contributed by atoms with Crippen LogP contribution >= 0.6 is 0 Å². The molecule has 0 bridgehead atoms. The van der Waals surface area contributed by atoms with Gasteiger partial charge in [-0.2, -0.15) is 0 Å². The van der Waals surface area contributed by atoms with E-state index in [0.29, 0.717) is 11.8 Å². The minimum atomic E-state index is 0. The zero-order chi connectivity index (χ0) is 17.7. The van der Waals surface area contributed by atoms with Gasteiger partial charge in [0.05, 0.1) is 0 Å². The van der Waals surface area contributed by atoms with E-state index in [9.17, 15) is 0 Å². The van der Waals surface area contributed by atoms with Crippen LogP contribution < -0.4 is 0 Å². The predicted octanol–water partition coefficient (Wildman–Crippen LogP) is 8.29. The largest absolute Gasteiger partial charge is 0.0776 e. The van der Waals surface area contributed by atoms with Gasteiger partial charge < -0.3 is 0 Å². The van der Waals surface area contributed by atoms with Gasteiger partial charge >= 0.3 is 0 Å². The summed E-state index contributed by atoms with van der Waals surface area (Å²) in [6.45, 7) is 22.1. The lowest BCUT2D eigenvalue weighted by atomic mass is 9.91. The Morgan fingerprint density at radius 3 is 1.04 bits per heavy atom. The Morgan fingerprint density at radius 1 is 0.625 bits per heavy atom. The Morgan fingerprint density at radius 2 is 0.875 bits per heavy atom. The molecule has 0 aliphatic rings. The topological polar surface area (TPSA) is 0 Å². The average Bonchev–Trinajstić information content (AvgIpc) is 2.47. The van der Waals surface area contributed by atoms with E-state index in [1.54, 1.807) is 0 Å². The highest BCUT2D eigenvalue weighted by Gasteiger charge is 2.07. The molecule has 0 amide bonds. The second-order valence-electron chi connectivity index (χ2n) is 7.30. The molecule has 0 saturated heterocycles. The van der Waals surface area contributed by atoms with Gasteiger partial charge in [0, 0.05) is 8.41 Å². The zero-order valence-corrected chi connectivity index (χ0v) is 17.6. The highest BCUT2D eigenvalue weighted by Crippen LogP contribution is 2.25. The minimum Gasteiger partial charge on any atom is -0.0776 e. The normalized spacial score (nSPS) is 9.58. The fraction of sp³-hybridized carbons (Fsp3) is 0.739. The molecule has 0 unspecified atom stereocenters. The van der Waals surface area contributed by atoms with Crippen molar-refractivity contribution in [1.29, 1.82) is 0 Å². The molecular weight excluding hydrogens is 287 g/mol. The molecule has 0 aliphatic heterocycles. The van der Waals surface area contributed by atoms with E-state index in [-0.39, 0.29) is 15.8 Å². The third kappa shape index (κ3) is 16.2. The molecular formula is C23H46B. The molecule has 0 heterocycles.